The minimum Gasteiger partial charge on any atom is -0.483 e. The standard InChI is InChI=1S/C32H40N4O2S.C22H28ClNO3S.C2H6.C2H4.2CH4O/c1-5-8-28(32(38)33-3)34(4)27-13-12-25(26-10-7-9-24(21-37)31(26)27)23-15-17-35(18-16-23)30-20-36-19-22(6-2)11-14-29(36)39-30;1-5-7-17(13-22(2,3)4)24-16-9-6-8-15(12-16)21-19(23)20(27-11-10-25)18(14-26)28-21;4*1-2/h7,9-14,19-21,23,28-29H,5-6,8,15-18H2,1-4H3,(H,33,38);6,8-10,12,14,17,24H,5,7,11,13H2,1-4H3;1-2H3;1-2H2;2*2H,1H3. The van der Waals surface area contributed by atoms with E-state index in [9.17, 15) is 19.2 Å². The lowest BCUT2D eigenvalue weighted by Crippen LogP contribution is -2.44. The molecule has 12 nitrogen and oxygen atoms in total. The second-order valence-electron chi connectivity index (χ2n) is 18.7. The van der Waals surface area contributed by atoms with E-state index in [0.717, 1.165) is 118 Å². The van der Waals surface area contributed by atoms with Crippen molar-refractivity contribution in [1.82, 2.24) is 15.1 Å². The molecule has 4 heterocycles. The number of carbonyl (C=O) groups excluding carboxylic acids is 4. The Kier molecular flexibility index (Phi) is 30.1. The molecule has 3 atom stereocenters. The first-order valence-corrected chi connectivity index (χ1v) is 28.2. The van der Waals surface area contributed by atoms with Gasteiger partial charge in [0.15, 0.2) is 24.6 Å². The zero-order chi connectivity index (χ0) is 56.3. The van der Waals surface area contributed by atoms with Gasteiger partial charge in [-0.15, -0.1) is 24.5 Å². The van der Waals surface area contributed by atoms with Gasteiger partial charge < -0.3 is 40.3 Å². The molecule has 75 heavy (non-hydrogen) atoms. The van der Waals surface area contributed by atoms with Crippen molar-refractivity contribution in [3.63, 3.8) is 0 Å². The number of ether oxygens (including phenoxy) is 1. The molecule has 0 radical (unpaired) electrons. The minimum atomic E-state index is -0.285. The summed E-state index contributed by atoms with van der Waals surface area (Å²) in [5.74, 6) is 0.704. The molecule has 3 aliphatic rings. The largest absolute Gasteiger partial charge is 0.483 e. The minimum absolute atomic E-state index is 0.000288. The number of piperidine rings is 1. The highest BCUT2D eigenvalue weighted by molar-refractivity contribution is 8.03. The monoisotopic (exact) mass is 1090 g/mol. The lowest BCUT2D eigenvalue weighted by atomic mass is 9.85. The van der Waals surface area contributed by atoms with Crippen LogP contribution >= 0.6 is 34.7 Å². The number of hydrogen-bond donors (Lipinski definition) is 4. The highest BCUT2D eigenvalue weighted by Crippen LogP contribution is 2.46. The topological polar surface area (TPSA) is 152 Å². The highest BCUT2D eigenvalue weighted by Gasteiger charge is 2.32. The van der Waals surface area contributed by atoms with Crippen LogP contribution in [-0.2, 0) is 9.59 Å². The van der Waals surface area contributed by atoms with Gasteiger partial charge in [0.05, 0.1) is 9.91 Å². The number of nitrogens with zero attached hydrogens (tertiary/aromatic N) is 3. The van der Waals surface area contributed by atoms with Crippen molar-refractivity contribution >= 4 is 81.6 Å². The van der Waals surface area contributed by atoms with E-state index in [1.165, 1.54) is 27.5 Å². The van der Waals surface area contributed by atoms with Crippen LogP contribution in [0.5, 0.6) is 5.75 Å². The molecule has 1 aromatic heterocycles. The number of fused-ring (bicyclic) bond motifs is 2. The molecule has 15 heteroatoms. The van der Waals surface area contributed by atoms with Gasteiger partial charge >= 0.3 is 0 Å². The number of likely N-dealkylation sites (tertiary alicyclic amines) is 1. The first-order valence-electron chi connectivity index (χ1n) is 26.1. The van der Waals surface area contributed by atoms with Gasteiger partial charge in [0.1, 0.15) is 27.9 Å². The molecule has 0 spiro atoms. The molecule has 0 saturated carbocycles. The summed E-state index contributed by atoms with van der Waals surface area (Å²) in [5, 5.41) is 24.6. The van der Waals surface area contributed by atoms with Crippen molar-refractivity contribution in [2.24, 2.45) is 5.41 Å². The van der Waals surface area contributed by atoms with Crippen LogP contribution in [0.25, 0.3) is 21.2 Å². The van der Waals surface area contributed by atoms with Crippen molar-refractivity contribution in [3.8, 4) is 16.2 Å². The zero-order valence-corrected chi connectivity index (χ0v) is 49.1. The van der Waals surface area contributed by atoms with Gasteiger partial charge in [-0.1, -0.05) is 140 Å². The normalized spacial score (nSPS) is 15.3. The van der Waals surface area contributed by atoms with Crippen LogP contribution in [0, 0.1) is 5.41 Å². The molecule has 0 aliphatic carbocycles. The SMILES string of the molecule is C=C.CC.CCCC(C(=O)NC)N(C)c1ccc(C2CCN(C3=CN4C=C(CC)C=CC4S3)CC2)c2cccc(C=O)c12.CCCC(CC(C)(C)C)Nc1cccc(-c2sc(C=O)c(OCC=O)c2Cl)c1.CO.CO. The molecule has 3 aromatic carbocycles. The number of aldehydes is 3. The summed E-state index contributed by atoms with van der Waals surface area (Å²) in [5.41, 5.74) is 6.47. The molecule has 4 aromatic rings. The van der Waals surface area contributed by atoms with Crippen molar-refractivity contribution in [2.45, 2.75) is 130 Å². The van der Waals surface area contributed by atoms with Gasteiger partial charge in [0.25, 0.3) is 0 Å². The Balaban J connectivity index is 0.000000473. The summed E-state index contributed by atoms with van der Waals surface area (Å²) in [6.45, 7) is 25.1. The number of benzene rings is 3. The van der Waals surface area contributed by atoms with E-state index in [0.29, 0.717) is 45.4 Å². The maximum absolute atomic E-state index is 12.7. The van der Waals surface area contributed by atoms with Gasteiger partial charge in [0.2, 0.25) is 5.91 Å². The van der Waals surface area contributed by atoms with Crippen molar-refractivity contribution in [2.75, 3.05) is 58.2 Å². The Bertz CT molecular complexity index is 2490. The van der Waals surface area contributed by atoms with Gasteiger partial charge in [-0.25, -0.2) is 0 Å². The average molecular weight is 1090 g/mol. The van der Waals surface area contributed by atoms with E-state index in [-0.39, 0.29) is 29.7 Å². The molecule has 1 saturated heterocycles. The molecule has 7 rings (SSSR count). The lowest BCUT2D eigenvalue weighted by Gasteiger charge is -2.35. The van der Waals surface area contributed by atoms with E-state index in [1.54, 1.807) is 7.05 Å². The van der Waals surface area contributed by atoms with E-state index < -0.39 is 0 Å². The van der Waals surface area contributed by atoms with Crippen LogP contribution in [0.3, 0.4) is 0 Å². The number of anilines is 2. The average Bonchev–Trinajstić information content (AvgIpc) is 4.02. The van der Waals surface area contributed by atoms with Crippen LogP contribution in [0.2, 0.25) is 5.02 Å². The summed E-state index contributed by atoms with van der Waals surface area (Å²) in [6, 6.07) is 18.5. The van der Waals surface area contributed by atoms with Crippen LogP contribution in [0.15, 0.2) is 103 Å². The maximum atomic E-state index is 12.7. The third-order valence-corrected chi connectivity index (χ3v) is 15.5. The number of halogens is 1. The first kappa shape index (κ1) is 65.7. The van der Waals surface area contributed by atoms with E-state index >= 15 is 0 Å². The van der Waals surface area contributed by atoms with Crippen LogP contribution in [0.1, 0.15) is 138 Å². The van der Waals surface area contributed by atoms with E-state index in [2.05, 4.69) is 123 Å². The van der Waals surface area contributed by atoms with Crippen LogP contribution < -0.4 is 20.3 Å². The Morgan fingerprint density at radius 3 is 2.20 bits per heavy atom. The molecular formula is C60H86ClN5O7S2. The molecule has 412 valence electrons. The Morgan fingerprint density at radius 2 is 1.61 bits per heavy atom. The summed E-state index contributed by atoms with van der Waals surface area (Å²) in [7, 11) is 5.66. The van der Waals surface area contributed by atoms with Gasteiger partial charge in [-0.3, -0.25) is 19.2 Å². The summed E-state index contributed by atoms with van der Waals surface area (Å²) in [6.07, 6.45) is 19.6. The number of hydrogen-bond acceptors (Lipinski definition) is 13. The number of amides is 1. The zero-order valence-electron chi connectivity index (χ0n) is 46.7. The molecule has 1 amide bonds. The van der Waals surface area contributed by atoms with Crippen LogP contribution in [0.4, 0.5) is 11.4 Å². The van der Waals surface area contributed by atoms with Crippen molar-refractivity contribution < 1.29 is 34.1 Å². The summed E-state index contributed by atoms with van der Waals surface area (Å²) < 4.78 is 5.36. The van der Waals surface area contributed by atoms with Gasteiger partial charge in [-0.05, 0) is 90.1 Å². The fourth-order valence-electron chi connectivity index (χ4n) is 9.40. The second-order valence-corrected chi connectivity index (χ2v) is 21.3. The number of thioether (sulfide) groups is 1. The molecular weight excluding hydrogens is 1000 g/mol. The quantitative estimate of drug-likeness (QED) is 0.0522. The summed E-state index contributed by atoms with van der Waals surface area (Å²) in [4.78, 5) is 55.0. The second kappa shape index (κ2) is 34.3. The maximum Gasteiger partial charge on any atom is 0.242 e. The highest BCUT2D eigenvalue weighted by atomic mass is 35.5. The number of aliphatic hydroxyl groups excluding tert-OH is 2. The number of nitrogens with one attached hydrogen (secondary N) is 2. The van der Waals surface area contributed by atoms with E-state index in [4.69, 9.17) is 26.6 Å². The predicted octanol–water partition coefficient (Wildman–Crippen LogP) is 13.7. The third kappa shape index (κ3) is 18.1. The number of rotatable bonds is 19. The Labute approximate surface area is 462 Å². The smallest absolute Gasteiger partial charge is 0.242 e. The fourth-order valence-corrected chi connectivity index (χ4v) is 12.0. The number of likely N-dealkylation sites (N-methyl/N-ethyl adjacent to an activating group) is 2. The van der Waals surface area contributed by atoms with Crippen molar-refractivity contribution in [3.05, 3.63) is 124 Å². The van der Waals surface area contributed by atoms with Crippen LogP contribution in [-0.4, -0.2) is 110 Å². The fraction of sp³-hybridized carbons (Fsp3) is 0.467. The molecule has 4 N–H and O–H groups in total. The summed E-state index contributed by atoms with van der Waals surface area (Å²) >= 11 is 9.67. The third-order valence-electron chi connectivity index (χ3n) is 12.6. The predicted molar refractivity (Wildman–Crippen MR) is 320 cm³/mol. The number of allylic oxidation sites excluding steroid dienone is 2. The molecule has 3 unspecified atom stereocenters. The van der Waals surface area contributed by atoms with Gasteiger partial charge in [0, 0.05) is 82.2 Å². The molecule has 0 bridgehead atoms. The Hall–Kier alpha value is -5.38. The van der Waals surface area contributed by atoms with Crippen molar-refractivity contribution in [1.29, 1.82) is 0 Å². The lowest BCUT2D eigenvalue weighted by molar-refractivity contribution is -0.122. The number of thiophene rings is 1. The first-order chi connectivity index (χ1) is 36.3. The molecule has 3 aliphatic heterocycles. The number of aliphatic hydroxyl groups is 2. The molecule has 1 fully saturated rings. The van der Waals surface area contributed by atoms with E-state index in [1.807, 2.05) is 69.1 Å². The number of carbonyl (C=O) groups is 4. The van der Waals surface area contributed by atoms with Gasteiger partial charge in [-0.2, -0.15) is 0 Å². The Morgan fingerprint density at radius 1 is 0.947 bits per heavy atom.